The van der Waals surface area contributed by atoms with E-state index >= 15 is 0 Å². The fraction of sp³-hybridized carbons (Fsp3) is 0.125. The van der Waals surface area contributed by atoms with Crippen LogP contribution >= 0.6 is 0 Å². The molecular formula is C16H15N3O3S. The van der Waals surface area contributed by atoms with Crippen molar-refractivity contribution in [3.63, 3.8) is 0 Å². The van der Waals surface area contributed by atoms with Crippen LogP contribution in [0.2, 0.25) is 0 Å². The summed E-state index contributed by atoms with van der Waals surface area (Å²) in [6.07, 6.45) is 1.72. The lowest BCUT2D eigenvalue weighted by Crippen LogP contribution is -2.16. The average molecular weight is 329 g/mol. The maximum absolute atomic E-state index is 11.7. The van der Waals surface area contributed by atoms with Gasteiger partial charge < -0.3 is 4.52 Å². The van der Waals surface area contributed by atoms with Crippen LogP contribution < -0.4 is 5.14 Å². The first kappa shape index (κ1) is 15.4. The Labute approximate surface area is 134 Å². The van der Waals surface area contributed by atoms with Gasteiger partial charge in [-0.25, -0.2) is 18.5 Å². The third-order valence-corrected chi connectivity index (χ3v) is 4.43. The second-order valence-electron chi connectivity index (χ2n) is 5.12. The van der Waals surface area contributed by atoms with E-state index in [1.165, 1.54) is 6.20 Å². The molecule has 23 heavy (non-hydrogen) atoms. The Morgan fingerprint density at radius 1 is 1.13 bits per heavy atom. The van der Waals surface area contributed by atoms with Crippen LogP contribution in [-0.4, -0.2) is 18.6 Å². The SMILES string of the molecule is Cc1onc(-c2ccccc2)c1Cc1cccnc1S(N)(=O)=O. The van der Waals surface area contributed by atoms with E-state index in [0.29, 0.717) is 23.4 Å². The van der Waals surface area contributed by atoms with Gasteiger partial charge >= 0.3 is 0 Å². The molecule has 7 heteroatoms. The molecule has 6 nitrogen and oxygen atoms in total. The van der Waals surface area contributed by atoms with Crippen molar-refractivity contribution in [2.24, 2.45) is 5.14 Å². The van der Waals surface area contributed by atoms with Crippen molar-refractivity contribution < 1.29 is 12.9 Å². The maximum Gasteiger partial charge on any atom is 0.255 e. The number of sulfonamides is 1. The first-order chi connectivity index (χ1) is 11.0. The number of pyridine rings is 1. The number of rotatable bonds is 4. The second-order valence-corrected chi connectivity index (χ2v) is 6.60. The van der Waals surface area contributed by atoms with Gasteiger partial charge in [-0.1, -0.05) is 41.6 Å². The molecule has 1 aromatic carbocycles. The van der Waals surface area contributed by atoms with E-state index < -0.39 is 10.0 Å². The smallest absolute Gasteiger partial charge is 0.255 e. The summed E-state index contributed by atoms with van der Waals surface area (Å²) in [5.41, 5.74) is 2.92. The van der Waals surface area contributed by atoms with Crippen LogP contribution in [0, 0.1) is 6.92 Å². The molecule has 0 aliphatic rings. The minimum absolute atomic E-state index is 0.125. The molecule has 2 N–H and O–H groups in total. The van der Waals surface area contributed by atoms with Crippen molar-refractivity contribution >= 4 is 10.0 Å². The Morgan fingerprint density at radius 3 is 2.57 bits per heavy atom. The lowest BCUT2D eigenvalue weighted by atomic mass is 10.0. The number of primary sulfonamides is 1. The molecule has 0 spiro atoms. The summed E-state index contributed by atoms with van der Waals surface area (Å²) in [4.78, 5) is 3.90. The van der Waals surface area contributed by atoms with Gasteiger partial charge in [-0.2, -0.15) is 0 Å². The van der Waals surface area contributed by atoms with Crippen LogP contribution in [0.25, 0.3) is 11.3 Å². The van der Waals surface area contributed by atoms with Gasteiger partial charge in [0.25, 0.3) is 10.0 Å². The van der Waals surface area contributed by atoms with E-state index in [1.807, 2.05) is 30.3 Å². The van der Waals surface area contributed by atoms with Crippen LogP contribution in [0.1, 0.15) is 16.9 Å². The van der Waals surface area contributed by atoms with Crippen LogP contribution in [0.3, 0.4) is 0 Å². The highest BCUT2D eigenvalue weighted by Crippen LogP contribution is 2.28. The molecule has 0 saturated carbocycles. The molecule has 118 valence electrons. The largest absolute Gasteiger partial charge is 0.361 e. The summed E-state index contributed by atoms with van der Waals surface area (Å²) in [6.45, 7) is 1.79. The van der Waals surface area contributed by atoms with Crippen LogP contribution in [0.5, 0.6) is 0 Å². The molecule has 0 aliphatic carbocycles. The van der Waals surface area contributed by atoms with Gasteiger partial charge in [-0.05, 0) is 18.6 Å². The Hall–Kier alpha value is -2.51. The van der Waals surface area contributed by atoms with E-state index in [-0.39, 0.29) is 5.03 Å². The van der Waals surface area contributed by atoms with Crippen LogP contribution in [0.4, 0.5) is 0 Å². The number of aromatic nitrogens is 2. The number of benzene rings is 1. The molecule has 2 aromatic heterocycles. The average Bonchev–Trinajstić information content (AvgIpc) is 2.89. The number of nitrogens with two attached hydrogens (primary N) is 1. The number of nitrogens with zero attached hydrogens (tertiary/aromatic N) is 2. The van der Waals surface area contributed by atoms with Crippen LogP contribution in [-0.2, 0) is 16.4 Å². The molecule has 0 fully saturated rings. The highest BCUT2D eigenvalue weighted by atomic mass is 32.2. The van der Waals surface area contributed by atoms with E-state index in [2.05, 4.69) is 10.1 Å². The summed E-state index contributed by atoms with van der Waals surface area (Å²) in [5, 5.41) is 9.22. The Morgan fingerprint density at radius 2 is 1.87 bits per heavy atom. The molecule has 0 atom stereocenters. The molecule has 3 rings (SSSR count). The third kappa shape index (κ3) is 3.15. The Balaban J connectivity index is 2.08. The lowest BCUT2D eigenvalue weighted by Gasteiger charge is -2.07. The topological polar surface area (TPSA) is 99.1 Å². The fourth-order valence-corrected chi connectivity index (χ4v) is 3.14. The summed E-state index contributed by atoms with van der Waals surface area (Å²) in [7, 11) is -3.89. The fourth-order valence-electron chi connectivity index (χ4n) is 2.43. The highest BCUT2D eigenvalue weighted by molar-refractivity contribution is 7.89. The third-order valence-electron chi connectivity index (χ3n) is 3.52. The number of hydrogen-bond acceptors (Lipinski definition) is 5. The lowest BCUT2D eigenvalue weighted by molar-refractivity contribution is 0.398. The van der Waals surface area contributed by atoms with Crippen molar-refractivity contribution in [3.05, 3.63) is 65.5 Å². The maximum atomic E-state index is 11.7. The van der Waals surface area contributed by atoms with Crippen molar-refractivity contribution in [2.75, 3.05) is 0 Å². The number of aryl methyl sites for hydroxylation is 1. The molecule has 0 unspecified atom stereocenters. The van der Waals surface area contributed by atoms with Gasteiger partial charge in [0.15, 0.2) is 5.03 Å². The predicted octanol–water partition coefficient (Wildman–Crippen LogP) is 2.28. The predicted molar refractivity (Wildman–Crippen MR) is 85.1 cm³/mol. The van der Waals surface area contributed by atoms with E-state index in [0.717, 1.165) is 11.1 Å². The minimum Gasteiger partial charge on any atom is -0.361 e. The quantitative estimate of drug-likeness (QED) is 0.791. The standard InChI is InChI=1S/C16H15N3O3S/c1-11-14(15(19-22-11)12-6-3-2-4-7-12)10-13-8-5-9-18-16(13)23(17,20)21/h2-9H,10H2,1H3,(H2,17,20,21). The van der Waals surface area contributed by atoms with Crippen molar-refractivity contribution in [2.45, 2.75) is 18.4 Å². The van der Waals surface area contributed by atoms with Gasteiger partial charge in [0.05, 0.1) is 0 Å². The zero-order chi connectivity index (χ0) is 16.4. The zero-order valence-corrected chi connectivity index (χ0v) is 13.2. The Bertz CT molecular complexity index is 934. The molecule has 0 radical (unpaired) electrons. The zero-order valence-electron chi connectivity index (χ0n) is 12.4. The molecule has 0 aliphatic heterocycles. The van der Waals surface area contributed by atoms with Crippen molar-refractivity contribution in [1.82, 2.24) is 10.1 Å². The normalized spacial score (nSPS) is 11.6. The summed E-state index contributed by atoms with van der Waals surface area (Å²) in [5.74, 6) is 0.632. The molecule has 0 amide bonds. The molecule has 3 aromatic rings. The van der Waals surface area contributed by atoms with Gasteiger partial charge in [0, 0.05) is 23.7 Å². The van der Waals surface area contributed by atoms with E-state index in [1.54, 1.807) is 19.1 Å². The van der Waals surface area contributed by atoms with E-state index in [4.69, 9.17) is 9.66 Å². The first-order valence-corrected chi connectivity index (χ1v) is 8.48. The molecule has 0 bridgehead atoms. The summed E-state index contributed by atoms with van der Waals surface area (Å²) in [6, 6.07) is 12.9. The Kier molecular flexibility index (Phi) is 3.97. The summed E-state index contributed by atoms with van der Waals surface area (Å²) < 4.78 is 28.7. The van der Waals surface area contributed by atoms with Gasteiger partial charge in [0.1, 0.15) is 11.5 Å². The first-order valence-electron chi connectivity index (χ1n) is 6.94. The van der Waals surface area contributed by atoms with Gasteiger partial charge in [-0.3, -0.25) is 0 Å². The molecule has 2 heterocycles. The monoisotopic (exact) mass is 329 g/mol. The van der Waals surface area contributed by atoms with Crippen molar-refractivity contribution in [1.29, 1.82) is 0 Å². The van der Waals surface area contributed by atoms with Crippen LogP contribution in [0.15, 0.2) is 58.2 Å². The van der Waals surface area contributed by atoms with Gasteiger partial charge in [0.2, 0.25) is 0 Å². The van der Waals surface area contributed by atoms with E-state index in [9.17, 15) is 8.42 Å². The highest BCUT2D eigenvalue weighted by Gasteiger charge is 2.20. The molecule has 0 saturated heterocycles. The molecular weight excluding hydrogens is 314 g/mol. The number of hydrogen-bond donors (Lipinski definition) is 1. The minimum atomic E-state index is -3.89. The summed E-state index contributed by atoms with van der Waals surface area (Å²) >= 11 is 0. The van der Waals surface area contributed by atoms with Crippen molar-refractivity contribution in [3.8, 4) is 11.3 Å². The van der Waals surface area contributed by atoms with Gasteiger partial charge in [-0.15, -0.1) is 0 Å². The second kappa shape index (κ2) is 5.94.